The van der Waals surface area contributed by atoms with Crippen LogP contribution in [0.15, 0.2) is 52.9 Å². The Hall–Kier alpha value is -3.00. The largest absolute Gasteiger partial charge is 0.462 e. The molecule has 0 unspecified atom stereocenters. The first-order chi connectivity index (χ1) is 11.7. The molecule has 0 saturated heterocycles. The van der Waals surface area contributed by atoms with Crippen LogP contribution in [-0.2, 0) is 19.1 Å². The summed E-state index contributed by atoms with van der Waals surface area (Å²) in [6, 6.07) is 9.07. The molecule has 0 atom stereocenters. The van der Waals surface area contributed by atoms with Crippen molar-refractivity contribution in [2.75, 3.05) is 11.9 Å². The molecule has 1 N–H and O–H groups in total. The normalized spacial score (nSPS) is 15.5. The monoisotopic (exact) mass is 343 g/mol. The lowest BCUT2D eigenvalue weighted by atomic mass is 10.1. The Morgan fingerprint density at radius 2 is 2.17 bits per heavy atom. The number of carbonyl (C=O) groups is 2. The molecular weight excluding hydrogens is 330 g/mol. The topological polar surface area (TPSA) is 90.4 Å². The number of hydrogen-bond donors (Lipinski definition) is 1. The number of rotatable bonds is 5. The lowest BCUT2D eigenvalue weighted by Gasteiger charge is -2.08. The number of nitrogens with zero attached hydrogens (tertiary/aromatic N) is 2. The third-order valence-electron chi connectivity index (χ3n) is 3.06. The summed E-state index contributed by atoms with van der Waals surface area (Å²) in [6.07, 6.45) is 1.44. The van der Waals surface area contributed by atoms with Crippen molar-refractivity contribution in [3.63, 3.8) is 0 Å². The molecule has 0 amide bonds. The zero-order valence-corrected chi connectivity index (χ0v) is 13.5. The van der Waals surface area contributed by atoms with E-state index < -0.39 is 11.8 Å². The maximum Gasteiger partial charge on any atom is 0.347 e. The summed E-state index contributed by atoms with van der Waals surface area (Å²) < 4.78 is 14.2. The van der Waals surface area contributed by atoms with Crippen molar-refractivity contribution < 1.29 is 19.1 Å². The molecule has 122 valence electrons. The molecule has 0 fully saturated rings. The SMILES string of the molecule is CCOC(=O)C1=C(Nc2ccccc2)O/C(=C/c2csnn2)C1=O. The summed E-state index contributed by atoms with van der Waals surface area (Å²) in [7, 11) is 0. The highest BCUT2D eigenvalue weighted by atomic mass is 32.1. The van der Waals surface area contributed by atoms with E-state index in [9.17, 15) is 9.59 Å². The fourth-order valence-corrected chi connectivity index (χ4v) is 2.44. The molecule has 24 heavy (non-hydrogen) atoms. The predicted molar refractivity (Wildman–Crippen MR) is 87.7 cm³/mol. The van der Waals surface area contributed by atoms with E-state index in [1.807, 2.05) is 18.2 Å². The number of hydrogen-bond acceptors (Lipinski definition) is 8. The van der Waals surface area contributed by atoms with E-state index in [2.05, 4.69) is 14.9 Å². The molecule has 8 heteroatoms. The Labute approximate surface area is 141 Å². The maximum absolute atomic E-state index is 12.5. The molecule has 0 radical (unpaired) electrons. The average Bonchev–Trinajstić information content (AvgIpc) is 3.18. The van der Waals surface area contributed by atoms with Gasteiger partial charge in [0.15, 0.2) is 11.3 Å². The molecule has 1 aliphatic rings. The number of allylic oxidation sites excluding steroid dienone is 1. The zero-order valence-electron chi connectivity index (χ0n) is 12.7. The molecule has 2 aromatic rings. The second-order valence-corrected chi connectivity index (χ2v) is 5.29. The molecule has 7 nitrogen and oxygen atoms in total. The number of nitrogens with one attached hydrogen (secondary N) is 1. The number of para-hydroxylation sites is 1. The van der Waals surface area contributed by atoms with Crippen LogP contribution in [0.4, 0.5) is 5.69 Å². The van der Waals surface area contributed by atoms with E-state index in [0.29, 0.717) is 11.4 Å². The minimum absolute atomic E-state index is 0.0100. The smallest absolute Gasteiger partial charge is 0.347 e. The first-order valence-corrected chi connectivity index (χ1v) is 7.97. The Bertz CT molecular complexity index is 813. The number of esters is 1. The van der Waals surface area contributed by atoms with Gasteiger partial charge in [-0.15, -0.1) is 5.10 Å². The predicted octanol–water partition coefficient (Wildman–Crippen LogP) is 2.37. The molecular formula is C16H13N3O4S. The van der Waals surface area contributed by atoms with Crippen molar-refractivity contribution in [3.05, 3.63) is 58.6 Å². The van der Waals surface area contributed by atoms with E-state index in [4.69, 9.17) is 9.47 Å². The standard InChI is InChI=1S/C16H13N3O4S/c1-2-22-16(21)13-14(20)12(8-11-9-24-19-18-11)23-15(13)17-10-6-4-3-5-7-10/h3-9,17H,2H2,1H3/b12-8+. The van der Waals surface area contributed by atoms with Gasteiger partial charge in [-0.25, -0.2) is 4.79 Å². The van der Waals surface area contributed by atoms with Crippen LogP contribution >= 0.6 is 11.5 Å². The number of benzene rings is 1. The van der Waals surface area contributed by atoms with E-state index in [-0.39, 0.29) is 23.8 Å². The van der Waals surface area contributed by atoms with Gasteiger partial charge in [0.1, 0.15) is 5.69 Å². The molecule has 0 aliphatic carbocycles. The Morgan fingerprint density at radius 3 is 2.83 bits per heavy atom. The van der Waals surface area contributed by atoms with E-state index in [1.54, 1.807) is 24.4 Å². The lowest BCUT2D eigenvalue weighted by molar-refractivity contribution is -0.139. The van der Waals surface area contributed by atoms with Crippen LogP contribution in [0.1, 0.15) is 12.6 Å². The van der Waals surface area contributed by atoms with Crippen LogP contribution in [0.25, 0.3) is 6.08 Å². The van der Waals surface area contributed by atoms with Crippen LogP contribution in [0, 0.1) is 0 Å². The van der Waals surface area contributed by atoms with Crippen molar-refractivity contribution in [3.8, 4) is 0 Å². The minimum atomic E-state index is -0.735. The molecule has 1 aliphatic heterocycles. The summed E-state index contributed by atoms with van der Waals surface area (Å²) >= 11 is 1.15. The van der Waals surface area contributed by atoms with Crippen LogP contribution in [0.2, 0.25) is 0 Å². The quantitative estimate of drug-likeness (QED) is 0.506. The van der Waals surface area contributed by atoms with Crippen molar-refractivity contribution in [2.45, 2.75) is 6.92 Å². The lowest BCUT2D eigenvalue weighted by Crippen LogP contribution is -2.16. The number of ketones is 1. The molecule has 0 bridgehead atoms. The summed E-state index contributed by atoms with van der Waals surface area (Å²) in [5.74, 6) is -1.26. The highest BCUT2D eigenvalue weighted by Crippen LogP contribution is 2.28. The maximum atomic E-state index is 12.5. The third kappa shape index (κ3) is 3.33. The van der Waals surface area contributed by atoms with Crippen LogP contribution in [0.3, 0.4) is 0 Å². The third-order valence-corrected chi connectivity index (χ3v) is 3.58. The molecule has 3 rings (SSSR count). The number of Topliss-reactive ketones (excluding diaryl/α,β-unsaturated/α-hetero) is 1. The Kier molecular flexibility index (Phi) is 4.66. The van der Waals surface area contributed by atoms with Crippen molar-refractivity contribution in [1.82, 2.24) is 9.59 Å². The summed E-state index contributed by atoms with van der Waals surface area (Å²) in [5, 5.41) is 8.43. The van der Waals surface area contributed by atoms with Gasteiger partial charge >= 0.3 is 5.97 Å². The Balaban J connectivity index is 1.93. The van der Waals surface area contributed by atoms with Crippen molar-refractivity contribution >= 4 is 35.0 Å². The fraction of sp³-hybridized carbons (Fsp3) is 0.125. The highest BCUT2D eigenvalue weighted by molar-refractivity contribution is 7.03. The highest BCUT2D eigenvalue weighted by Gasteiger charge is 2.37. The van der Waals surface area contributed by atoms with Gasteiger partial charge in [0.2, 0.25) is 11.7 Å². The van der Waals surface area contributed by atoms with E-state index >= 15 is 0 Å². The van der Waals surface area contributed by atoms with Crippen LogP contribution in [0.5, 0.6) is 0 Å². The molecule has 1 aromatic carbocycles. The summed E-state index contributed by atoms with van der Waals surface area (Å²) in [5.41, 5.74) is 0.987. The van der Waals surface area contributed by atoms with Gasteiger partial charge < -0.3 is 14.8 Å². The van der Waals surface area contributed by atoms with Gasteiger partial charge in [0.25, 0.3) is 0 Å². The number of anilines is 1. The number of carbonyl (C=O) groups excluding carboxylic acids is 2. The van der Waals surface area contributed by atoms with Crippen LogP contribution < -0.4 is 5.32 Å². The van der Waals surface area contributed by atoms with Gasteiger partial charge in [-0.3, -0.25) is 4.79 Å². The summed E-state index contributed by atoms with van der Waals surface area (Å²) in [6.45, 7) is 1.82. The zero-order chi connectivity index (χ0) is 16.9. The van der Waals surface area contributed by atoms with Crippen molar-refractivity contribution in [2.24, 2.45) is 0 Å². The van der Waals surface area contributed by atoms with Crippen molar-refractivity contribution in [1.29, 1.82) is 0 Å². The Morgan fingerprint density at radius 1 is 1.38 bits per heavy atom. The van der Waals surface area contributed by atoms with E-state index in [0.717, 1.165) is 11.5 Å². The first kappa shape index (κ1) is 15.9. The molecule has 0 spiro atoms. The van der Waals surface area contributed by atoms with Gasteiger partial charge in [-0.05, 0) is 30.6 Å². The van der Waals surface area contributed by atoms with Gasteiger partial charge in [-0.2, -0.15) is 0 Å². The first-order valence-electron chi connectivity index (χ1n) is 7.13. The van der Waals surface area contributed by atoms with Gasteiger partial charge in [0, 0.05) is 17.1 Å². The fourth-order valence-electron chi connectivity index (χ4n) is 2.03. The number of aromatic nitrogens is 2. The van der Waals surface area contributed by atoms with Gasteiger partial charge in [-0.1, -0.05) is 22.7 Å². The van der Waals surface area contributed by atoms with Crippen LogP contribution in [-0.4, -0.2) is 27.9 Å². The second kappa shape index (κ2) is 7.05. The van der Waals surface area contributed by atoms with E-state index in [1.165, 1.54) is 6.08 Å². The van der Waals surface area contributed by atoms with Gasteiger partial charge in [0.05, 0.1) is 6.61 Å². The molecule has 2 heterocycles. The molecule has 1 aromatic heterocycles. The average molecular weight is 343 g/mol. The second-order valence-electron chi connectivity index (χ2n) is 4.69. The number of ether oxygens (including phenoxy) is 2. The summed E-state index contributed by atoms with van der Waals surface area (Å²) in [4.78, 5) is 24.6. The minimum Gasteiger partial charge on any atom is -0.462 e. The molecule has 0 saturated carbocycles.